The maximum Gasteiger partial charge on any atom is 0.226 e. The first-order valence-corrected chi connectivity index (χ1v) is 12.1. The van der Waals surface area contributed by atoms with Gasteiger partial charge >= 0.3 is 0 Å². The molecule has 0 aliphatic rings. The molecule has 0 rings (SSSR count). The Balaban J connectivity index is 0. The van der Waals surface area contributed by atoms with Crippen LogP contribution in [0.3, 0.4) is 0 Å². The average molecular weight is 457 g/mol. The van der Waals surface area contributed by atoms with Crippen molar-refractivity contribution in [1.82, 2.24) is 10.6 Å². The molecule has 0 aromatic rings. The summed E-state index contributed by atoms with van der Waals surface area (Å²) in [5, 5.41) is 5.95. The van der Waals surface area contributed by atoms with E-state index in [-0.39, 0.29) is 28.6 Å². The van der Waals surface area contributed by atoms with E-state index in [0.717, 1.165) is 6.42 Å². The van der Waals surface area contributed by atoms with E-state index < -0.39 is 11.0 Å². The molecule has 0 atom stereocenters. The molecule has 0 saturated heterocycles. The number of nitrogens with one attached hydrogen (secondary N) is 2. The lowest BCUT2D eigenvalue weighted by Crippen LogP contribution is -2.50. The van der Waals surface area contributed by atoms with Crippen molar-refractivity contribution in [2.45, 2.75) is 126 Å². The van der Waals surface area contributed by atoms with Gasteiger partial charge in [0.25, 0.3) is 0 Å². The Labute approximate surface area is 198 Å². The van der Waals surface area contributed by atoms with Crippen LogP contribution in [0.25, 0.3) is 0 Å². The quantitative estimate of drug-likeness (QED) is 0.387. The van der Waals surface area contributed by atoms with E-state index in [2.05, 4.69) is 45.3 Å². The Morgan fingerprint density at radius 3 is 1.81 bits per heavy atom. The second-order valence-corrected chi connectivity index (χ2v) is 11.6. The third kappa shape index (κ3) is 17.2. The van der Waals surface area contributed by atoms with Gasteiger partial charge in [-0.1, -0.05) is 48.5 Å². The van der Waals surface area contributed by atoms with E-state index in [1.165, 1.54) is 6.92 Å². The van der Waals surface area contributed by atoms with Crippen molar-refractivity contribution in [3.63, 3.8) is 0 Å². The zero-order valence-corrected chi connectivity index (χ0v) is 23.1. The Bertz CT molecular complexity index is 587. The number of amides is 2. The molecule has 6 nitrogen and oxygen atoms in total. The zero-order chi connectivity index (χ0) is 25.8. The van der Waals surface area contributed by atoms with Gasteiger partial charge in [0.1, 0.15) is 5.78 Å². The normalized spacial score (nSPS) is 12.5. The fourth-order valence-corrected chi connectivity index (χ4v) is 3.50. The first-order valence-electron chi connectivity index (χ1n) is 12.1. The molecule has 0 radical (unpaired) electrons. The minimum absolute atomic E-state index is 0.0306. The first-order chi connectivity index (χ1) is 14.4. The van der Waals surface area contributed by atoms with E-state index in [0.29, 0.717) is 38.8 Å². The fourth-order valence-electron chi connectivity index (χ4n) is 3.50. The fraction of sp³-hybridized carbons (Fsp3) is 0.885. The van der Waals surface area contributed by atoms with E-state index in [9.17, 15) is 14.4 Å². The third-order valence-electron chi connectivity index (χ3n) is 5.01. The number of carbonyl (C=O) groups is 3. The van der Waals surface area contributed by atoms with Gasteiger partial charge in [-0.2, -0.15) is 0 Å². The number of rotatable bonds is 13. The van der Waals surface area contributed by atoms with Crippen LogP contribution in [0.15, 0.2) is 0 Å². The van der Waals surface area contributed by atoms with Gasteiger partial charge in [-0.25, -0.2) is 0 Å². The molecule has 0 saturated carbocycles. The van der Waals surface area contributed by atoms with Gasteiger partial charge in [-0.15, -0.1) is 0 Å². The molecule has 0 spiro atoms. The number of carbonyl (C=O) groups excluding carboxylic acids is 3. The molecule has 32 heavy (non-hydrogen) atoms. The van der Waals surface area contributed by atoms with Crippen molar-refractivity contribution >= 4 is 17.6 Å². The lowest BCUT2D eigenvalue weighted by Gasteiger charge is -2.36. The van der Waals surface area contributed by atoms with E-state index >= 15 is 0 Å². The summed E-state index contributed by atoms with van der Waals surface area (Å²) in [7, 11) is 0. The highest BCUT2D eigenvalue weighted by Crippen LogP contribution is 2.29. The van der Waals surface area contributed by atoms with Crippen molar-refractivity contribution in [2.24, 2.45) is 10.8 Å². The smallest absolute Gasteiger partial charge is 0.226 e. The van der Waals surface area contributed by atoms with Crippen LogP contribution in [0.4, 0.5) is 0 Å². The molecular formula is C26H52N2O4. The number of hydrogen-bond acceptors (Lipinski definition) is 4. The minimum atomic E-state index is -0.546. The van der Waals surface area contributed by atoms with Crippen LogP contribution < -0.4 is 10.6 Å². The van der Waals surface area contributed by atoms with Gasteiger partial charge in [0.05, 0.1) is 5.60 Å². The van der Waals surface area contributed by atoms with Crippen LogP contribution in [-0.2, 0) is 19.1 Å². The molecule has 0 aliphatic carbocycles. The SMILES string of the molecule is CC.CC(=O)CCNC(=O)CCC(C)(C)OCCC(C)(C)C(=O)NC(C)(C)CC(C)(C)C. The van der Waals surface area contributed by atoms with Crippen LogP contribution >= 0.6 is 0 Å². The molecule has 190 valence electrons. The predicted molar refractivity (Wildman–Crippen MR) is 134 cm³/mol. The highest BCUT2D eigenvalue weighted by Gasteiger charge is 2.34. The maximum absolute atomic E-state index is 12.8. The summed E-state index contributed by atoms with van der Waals surface area (Å²) < 4.78 is 6.01. The Kier molecular flexibility index (Phi) is 14.3. The Morgan fingerprint density at radius 1 is 0.812 bits per heavy atom. The van der Waals surface area contributed by atoms with Crippen LogP contribution in [0.2, 0.25) is 0 Å². The number of hydrogen-bond donors (Lipinski definition) is 2. The summed E-state index contributed by atoms with van der Waals surface area (Å²) in [5.74, 6) is 0.0177. The zero-order valence-electron chi connectivity index (χ0n) is 23.1. The van der Waals surface area contributed by atoms with Crippen molar-refractivity contribution < 1.29 is 19.1 Å². The molecule has 0 aromatic heterocycles. The van der Waals surface area contributed by atoms with Gasteiger partial charge in [0, 0.05) is 36.9 Å². The number of Topliss-reactive ketones (excluding diaryl/α,β-unsaturated/α-hetero) is 1. The molecule has 0 aliphatic heterocycles. The first kappa shape index (κ1) is 32.7. The van der Waals surface area contributed by atoms with Crippen molar-refractivity contribution in [1.29, 1.82) is 0 Å². The molecule has 2 N–H and O–H groups in total. The highest BCUT2D eigenvalue weighted by atomic mass is 16.5. The van der Waals surface area contributed by atoms with E-state index in [1.807, 2.05) is 41.5 Å². The molecule has 0 bridgehead atoms. The molecular weight excluding hydrogens is 404 g/mol. The monoisotopic (exact) mass is 456 g/mol. The summed E-state index contributed by atoms with van der Waals surface area (Å²) in [6, 6.07) is 0. The summed E-state index contributed by atoms with van der Waals surface area (Å²) in [6.45, 7) is 24.8. The molecule has 0 aromatic carbocycles. The van der Waals surface area contributed by atoms with Crippen molar-refractivity contribution in [3.05, 3.63) is 0 Å². The van der Waals surface area contributed by atoms with Crippen LogP contribution in [0.1, 0.15) is 115 Å². The Hall–Kier alpha value is -1.43. The lowest BCUT2D eigenvalue weighted by molar-refractivity contribution is -0.133. The van der Waals surface area contributed by atoms with Crippen LogP contribution in [0.5, 0.6) is 0 Å². The predicted octanol–water partition coefficient (Wildman–Crippen LogP) is 5.43. The molecule has 6 heteroatoms. The highest BCUT2D eigenvalue weighted by molar-refractivity contribution is 5.82. The van der Waals surface area contributed by atoms with Gasteiger partial charge in [0.15, 0.2) is 0 Å². The van der Waals surface area contributed by atoms with Crippen molar-refractivity contribution in [2.75, 3.05) is 13.2 Å². The van der Waals surface area contributed by atoms with Gasteiger partial charge in [-0.3, -0.25) is 14.4 Å². The van der Waals surface area contributed by atoms with Crippen LogP contribution in [-0.4, -0.2) is 41.9 Å². The minimum Gasteiger partial charge on any atom is -0.376 e. The second kappa shape index (κ2) is 14.0. The largest absolute Gasteiger partial charge is 0.376 e. The van der Waals surface area contributed by atoms with Gasteiger partial charge in [0.2, 0.25) is 11.8 Å². The number of ether oxygens (including phenoxy) is 1. The third-order valence-corrected chi connectivity index (χ3v) is 5.01. The summed E-state index contributed by atoms with van der Waals surface area (Å²) in [6.07, 6.45) is 2.76. The van der Waals surface area contributed by atoms with E-state index in [4.69, 9.17) is 4.74 Å². The maximum atomic E-state index is 12.8. The summed E-state index contributed by atoms with van der Waals surface area (Å²) in [4.78, 5) is 35.7. The van der Waals surface area contributed by atoms with Crippen LogP contribution in [0, 0.1) is 10.8 Å². The standard InChI is InChI=1S/C24H46N2O4.C2H6/c1-18(27)12-15-25-19(28)11-13-24(9,10)30-16-14-22(5,6)20(29)26-23(7,8)17-21(2,3)4;1-2/h11-17H2,1-10H3,(H,25,28)(H,26,29);1-2H3. The van der Waals surface area contributed by atoms with E-state index in [1.54, 1.807) is 0 Å². The molecule has 0 unspecified atom stereocenters. The molecule has 0 heterocycles. The second-order valence-electron chi connectivity index (χ2n) is 11.6. The molecule has 2 amide bonds. The molecule has 0 fully saturated rings. The van der Waals surface area contributed by atoms with Gasteiger partial charge in [-0.05, 0) is 59.3 Å². The summed E-state index contributed by atoms with van der Waals surface area (Å²) >= 11 is 0. The lowest BCUT2D eigenvalue weighted by atomic mass is 9.80. The van der Waals surface area contributed by atoms with Gasteiger partial charge < -0.3 is 15.4 Å². The topological polar surface area (TPSA) is 84.5 Å². The van der Waals surface area contributed by atoms with Crippen molar-refractivity contribution in [3.8, 4) is 0 Å². The summed E-state index contributed by atoms with van der Waals surface area (Å²) in [5.41, 5.74) is -1.15. The average Bonchev–Trinajstić information content (AvgIpc) is 2.58. The Morgan fingerprint density at radius 2 is 1.34 bits per heavy atom. The number of ketones is 1.